The minimum Gasteiger partial charge on any atom is -0.488 e. The Morgan fingerprint density at radius 3 is 0.870 bits per heavy atom. The van der Waals surface area contributed by atoms with Crippen molar-refractivity contribution in [2.45, 2.75) is 176 Å². The second kappa shape index (κ2) is 43.9. The molecular formula is C88H100N10O15S2. The molecule has 0 aliphatic carbocycles. The van der Waals surface area contributed by atoms with Crippen molar-refractivity contribution in [2.24, 2.45) is 0 Å². The van der Waals surface area contributed by atoms with Crippen LogP contribution in [-0.2, 0) is 55.8 Å². The maximum atomic E-state index is 12.5. The lowest BCUT2D eigenvalue weighted by molar-refractivity contribution is 0.00734. The van der Waals surface area contributed by atoms with Crippen LogP contribution in [0.1, 0.15) is 183 Å². The maximum absolute atomic E-state index is 12.5. The highest BCUT2D eigenvalue weighted by atomic mass is 32.1. The molecule has 0 amide bonds. The van der Waals surface area contributed by atoms with Gasteiger partial charge in [-0.25, -0.2) is 34.9 Å². The van der Waals surface area contributed by atoms with E-state index in [2.05, 4.69) is 49.8 Å². The van der Waals surface area contributed by atoms with Crippen LogP contribution >= 0.6 is 22.7 Å². The van der Waals surface area contributed by atoms with E-state index < -0.39 is 0 Å². The SMILES string of the molecule is Cc1cc(O[C@@H]2CCCOC2)cc(C(=O)Cc2ccccn2)n1.Cc1cc(O[C@@H]2CCCOC2)cc(C(=O)Cc2nc(C)cs2)n1.Cc1cc(O[C@H]2CCCOC2)cc(C(=O)Cc2ccccn2)n1.Cc1cc(O[C@H]2CCOC2)cc(C(=O)Cc2nc(C)cs2)n1.Cc1ccc(CC(=O)c2cc(O[C@@H]3CCCOC3)cc(C)n2)nc1. The van der Waals surface area contributed by atoms with Crippen molar-refractivity contribution in [1.82, 2.24) is 49.8 Å². The third kappa shape index (κ3) is 28.8. The summed E-state index contributed by atoms with van der Waals surface area (Å²) < 4.78 is 56.7. The molecule has 0 bridgehead atoms. The maximum Gasteiger partial charge on any atom is 0.188 e. The molecule has 5 fully saturated rings. The van der Waals surface area contributed by atoms with Gasteiger partial charge in [-0.1, -0.05) is 18.2 Å². The molecule has 5 atom stereocenters. The van der Waals surface area contributed by atoms with Crippen molar-refractivity contribution in [1.29, 1.82) is 0 Å². The number of pyridine rings is 8. The van der Waals surface area contributed by atoms with Crippen LogP contribution in [0.25, 0.3) is 0 Å². The first-order chi connectivity index (χ1) is 55.7. The lowest BCUT2D eigenvalue weighted by atomic mass is 10.1. The van der Waals surface area contributed by atoms with E-state index in [1.54, 1.807) is 48.9 Å². The van der Waals surface area contributed by atoms with Crippen LogP contribution < -0.4 is 23.7 Å². The molecule has 5 aliphatic heterocycles. The molecule has 0 aromatic carbocycles. The molecule has 0 N–H and O–H groups in total. The monoisotopic (exact) mass is 1600 g/mol. The zero-order valence-corrected chi connectivity index (χ0v) is 68.2. The Kier molecular flexibility index (Phi) is 32.6. The van der Waals surface area contributed by atoms with Gasteiger partial charge >= 0.3 is 0 Å². The quantitative estimate of drug-likeness (QED) is 0.0480. The fourth-order valence-electron chi connectivity index (χ4n) is 12.8. The average Bonchev–Trinajstić information content (AvgIpc) is 1.01. The lowest BCUT2D eigenvalue weighted by Crippen LogP contribution is -2.28. The summed E-state index contributed by atoms with van der Waals surface area (Å²) >= 11 is 3.00. The van der Waals surface area contributed by atoms with Gasteiger partial charge in [-0.2, -0.15) is 0 Å². The van der Waals surface area contributed by atoms with Crippen molar-refractivity contribution in [2.75, 3.05) is 66.1 Å². The van der Waals surface area contributed by atoms with Gasteiger partial charge in [0.15, 0.2) is 28.9 Å². The number of hydrogen-bond acceptors (Lipinski definition) is 27. The smallest absolute Gasteiger partial charge is 0.188 e. The molecular weight excluding hydrogens is 1500 g/mol. The van der Waals surface area contributed by atoms with Crippen LogP contribution in [-0.4, -0.2) is 175 Å². The standard InChI is InChI=1S/C19H22N2O3.2C18H20N2O3.C17H20N2O3S.C16H18N2O3S/c1-13-5-6-15(20-11-13)9-19(22)18-10-17(8-14(2)21-18)24-16-4-3-7-23-12-16;2*1-13-9-16(23-15-6-4-8-22-12-15)11-17(20-13)18(21)10-14-5-2-3-7-19-14;1-11-6-14(22-13-4-3-5-21-9-13)7-15(18-11)16(20)8-17-19-12(2)10-23-17;1-10-5-13(21-12-3-4-20-8-12)6-14(17-10)15(19)7-16-18-11(2)9-22-16/h5-6,8,10-11,16H,3-4,7,9,12H2,1-2H3;2*2-3,5,7,9,11,15H,4,6,8,10,12H2,1H3;6-7,10,13H,3-5,8-9H2,1-2H3;5-6,9,12H,3-4,7-8H2,1-2H3/t16-;2*15-;13-;12-/m11010/s1. The molecule has 0 radical (unpaired) electrons. The fourth-order valence-corrected chi connectivity index (χ4v) is 14.4. The van der Waals surface area contributed by atoms with Gasteiger partial charge < -0.3 is 47.4 Å². The van der Waals surface area contributed by atoms with E-state index in [4.69, 9.17) is 47.4 Å². The van der Waals surface area contributed by atoms with Crippen molar-refractivity contribution >= 4 is 51.6 Å². The van der Waals surface area contributed by atoms with Crippen LogP contribution in [0.3, 0.4) is 0 Å². The first-order valence-electron chi connectivity index (χ1n) is 39.1. The summed E-state index contributed by atoms with van der Waals surface area (Å²) in [6.07, 6.45) is 15.4. The Morgan fingerprint density at radius 2 is 0.626 bits per heavy atom. The van der Waals surface area contributed by atoms with Gasteiger partial charge in [-0.3, -0.25) is 38.9 Å². The molecule has 10 aromatic heterocycles. The Bertz CT molecular complexity index is 4690. The summed E-state index contributed by atoms with van der Waals surface area (Å²) in [5.41, 5.74) is 11.2. The van der Waals surface area contributed by atoms with Gasteiger partial charge in [-0.05, 0) is 143 Å². The van der Waals surface area contributed by atoms with Gasteiger partial charge in [0.1, 0.15) is 97.8 Å². The summed E-state index contributed by atoms with van der Waals surface area (Å²) in [6.45, 7) is 22.0. The fraction of sp³-hybridized carbons (Fsp3) is 0.420. The summed E-state index contributed by atoms with van der Waals surface area (Å²) in [4.78, 5) is 105. The molecule has 10 aromatic rings. The van der Waals surface area contributed by atoms with E-state index in [9.17, 15) is 24.0 Å². The normalized spacial score (nSPS) is 17.7. The van der Waals surface area contributed by atoms with Crippen LogP contribution in [0.15, 0.2) is 139 Å². The molecule has 604 valence electrons. The molecule has 15 heterocycles. The van der Waals surface area contributed by atoms with Crippen molar-refractivity contribution in [3.63, 3.8) is 0 Å². The van der Waals surface area contributed by atoms with Crippen molar-refractivity contribution in [3.8, 4) is 28.7 Å². The van der Waals surface area contributed by atoms with Crippen molar-refractivity contribution in [3.05, 3.63) is 240 Å². The highest BCUT2D eigenvalue weighted by Crippen LogP contribution is 2.27. The Morgan fingerprint density at radius 1 is 0.330 bits per heavy atom. The Hall–Kier alpha value is -10.4. The second-order valence-corrected chi connectivity index (χ2v) is 30.7. The number of Topliss-reactive ketones (excluding diaryl/α,β-unsaturated/α-hetero) is 5. The van der Waals surface area contributed by atoms with E-state index in [-0.39, 0.29) is 91.5 Å². The number of rotatable bonds is 25. The van der Waals surface area contributed by atoms with Gasteiger partial charge in [0.05, 0.1) is 71.7 Å². The molecule has 5 saturated heterocycles. The molecule has 0 spiro atoms. The topological polar surface area (TPSA) is 307 Å². The predicted molar refractivity (Wildman–Crippen MR) is 434 cm³/mol. The molecule has 0 unspecified atom stereocenters. The first-order valence-corrected chi connectivity index (χ1v) is 40.8. The Balaban J connectivity index is 0.000000142. The number of nitrogens with zero attached hydrogens (tertiary/aromatic N) is 10. The van der Waals surface area contributed by atoms with Crippen LogP contribution in [0.5, 0.6) is 28.7 Å². The minimum absolute atomic E-state index is 0.0344. The number of aromatic nitrogens is 10. The summed E-state index contributed by atoms with van der Waals surface area (Å²) in [5.74, 6) is 3.16. The van der Waals surface area contributed by atoms with Gasteiger partial charge in [0.2, 0.25) is 0 Å². The van der Waals surface area contributed by atoms with Crippen LogP contribution in [0.2, 0.25) is 0 Å². The number of carbonyl (C=O) groups is 5. The zero-order valence-electron chi connectivity index (χ0n) is 66.5. The second-order valence-electron chi connectivity index (χ2n) is 28.8. The first kappa shape index (κ1) is 85.5. The lowest BCUT2D eigenvalue weighted by Gasteiger charge is -2.23. The number of ketones is 5. The van der Waals surface area contributed by atoms with E-state index in [0.717, 1.165) is 163 Å². The predicted octanol–water partition coefficient (Wildman–Crippen LogP) is 14.5. The summed E-state index contributed by atoms with van der Waals surface area (Å²) in [6, 6.07) is 32.8. The summed E-state index contributed by atoms with van der Waals surface area (Å²) in [5, 5.41) is 5.53. The van der Waals surface area contributed by atoms with E-state index in [1.165, 1.54) is 22.7 Å². The number of hydrogen-bond donors (Lipinski definition) is 0. The molecule has 5 aliphatic rings. The van der Waals surface area contributed by atoms with Gasteiger partial charge in [-0.15, -0.1) is 22.7 Å². The number of thiazole rings is 2. The van der Waals surface area contributed by atoms with E-state index in [1.807, 2.05) is 145 Å². The summed E-state index contributed by atoms with van der Waals surface area (Å²) in [7, 11) is 0. The molecule has 0 saturated carbocycles. The number of aryl methyl sites for hydroxylation is 8. The minimum atomic E-state index is -0.0582. The van der Waals surface area contributed by atoms with Gasteiger partial charge in [0, 0.05) is 180 Å². The van der Waals surface area contributed by atoms with E-state index >= 15 is 0 Å². The third-order valence-electron chi connectivity index (χ3n) is 18.3. The molecule has 25 nitrogen and oxygen atoms in total. The Labute approximate surface area is 679 Å². The zero-order chi connectivity index (χ0) is 80.8. The van der Waals surface area contributed by atoms with Crippen LogP contribution in [0.4, 0.5) is 0 Å². The number of ether oxygens (including phenoxy) is 10. The van der Waals surface area contributed by atoms with Gasteiger partial charge in [0.25, 0.3) is 0 Å². The van der Waals surface area contributed by atoms with Crippen molar-refractivity contribution < 1.29 is 71.3 Å². The molecule has 15 rings (SSSR count). The largest absolute Gasteiger partial charge is 0.488 e. The third-order valence-corrected chi connectivity index (χ3v) is 20.3. The highest BCUT2D eigenvalue weighted by Gasteiger charge is 2.25. The highest BCUT2D eigenvalue weighted by molar-refractivity contribution is 7.10. The van der Waals surface area contributed by atoms with E-state index in [0.29, 0.717) is 90.3 Å². The van der Waals surface area contributed by atoms with Crippen LogP contribution in [0, 0.1) is 55.4 Å². The number of carbonyl (C=O) groups excluding carboxylic acids is 5. The molecule has 115 heavy (non-hydrogen) atoms. The average molecular weight is 1600 g/mol. The molecule has 27 heteroatoms.